The largest absolute Gasteiger partial charge is 0.368 e. The van der Waals surface area contributed by atoms with Crippen molar-refractivity contribution in [2.24, 2.45) is 0 Å². The number of nitrogens with two attached hydrogens (primary N) is 1. The fourth-order valence-electron chi connectivity index (χ4n) is 2.63. The maximum Gasteiger partial charge on any atom is 0.223 e. The minimum atomic E-state index is -0.268. The maximum absolute atomic E-state index is 13.9. The Morgan fingerprint density at radius 3 is 2.52 bits per heavy atom. The second-order valence-corrected chi connectivity index (χ2v) is 6.16. The number of anilines is 2. The zero-order valence-electron chi connectivity index (χ0n) is 12.3. The van der Waals surface area contributed by atoms with E-state index in [0.29, 0.717) is 28.1 Å². The van der Waals surface area contributed by atoms with Crippen molar-refractivity contribution in [2.45, 2.75) is 6.54 Å². The summed E-state index contributed by atoms with van der Waals surface area (Å²) >= 11 is 12.0. The van der Waals surface area contributed by atoms with Gasteiger partial charge in [-0.05, 0) is 12.1 Å². The van der Waals surface area contributed by atoms with Crippen LogP contribution in [0.1, 0.15) is 5.56 Å². The van der Waals surface area contributed by atoms with Gasteiger partial charge in [0.2, 0.25) is 5.95 Å². The highest BCUT2D eigenvalue weighted by atomic mass is 35.5. The third kappa shape index (κ3) is 3.83. The van der Waals surface area contributed by atoms with Gasteiger partial charge in [0.1, 0.15) is 16.8 Å². The molecule has 23 heavy (non-hydrogen) atoms. The zero-order chi connectivity index (χ0) is 16.4. The van der Waals surface area contributed by atoms with Crippen LogP contribution in [0, 0.1) is 5.82 Å². The Labute approximate surface area is 143 Å². The summed E-state index contributed by atoms with van der Waals surface area (Å²) in [4.78, 5) is 12.3. The SMILES string of the molecule is Nc1nc(Cl)cc(N2CCN(Cc3c(F)cccc3Cl)CC2)n1. The molecule has 2 heterocycles. The molecule has 2 N–H and O–H groups in total. The van der Waals surface area contributed by atoms with Gasteiger partial charge in [-0.3, -0.25) is 4.90 Å². The minimum absolute atomic E-state index is 0.160. The molecule has 5 nitrogen and oxygen atoms in total. The molecule has 1 aromatic heterocycles. The van der Waals surface area contributed by atoms with E-state index in [2.05, 4.69) is 19.8 Å². The van der Waals surface area contributed by atoms with E-state index in [1.54, 1.807) is 18.2 Å². The molecule has 0 saturated carbocycles. The summed E-state index contributed by atoms with van der Waals surface area (Å²) in [6.07, 6.45) is 0. The quantitative estimate of drug-likeness (QED) is 0.857. The lowest BCUT2D eigenvalue weighted by Gasteiger charge is -2.35. The molecule has 1 aliphatic heterocycles. The Hall–Kier alpha value is -1.63. The Morgan fingerprint density at radius 2 is 1.87 bits per heavy atom. The number of hydrogen-bond donors (Lipinski definition) is 1. The fourth-order valence-corrected chi connectivity index (χ4v) is 3.03. The predicted molar refractivity (Wildman–Crippen MR) is 90.4 cm³/mol. The van der Waals surface area contributed by atoms with Crippen LogP contribution in [0.25, 0.3) is 0 Å². The Morgan fingerprint density at radius 1 is 1.13 bits per heavy atom. The molecule has 1 aliphatic rings. The Bertz CT molecular complexity index is 664. The predicted octanol–water partition coefficient (Wildman–Crippen LogP) is 2.83. The minimum Gasteiger partial charge on any atom is -0.368 e. The van der Waals surface area contributed by atoms with Crippen molar-refractivity contribution in [1.82, 2.24) is 14.9 Å². The maximum atomic E-state index is 13.9. The highest BCUT2D eigenvalue weighted by Crippen LogP contribution is 2.23. The topological polar surface area (TPSA) is 58.3 Å². The van der Waals surface area contributed by atoms with E-state index in [9.17, 15) is 4.39 Å². The smallest absolute Gasteiger partial charge is 0.223 e. The number of halogens is 3. The Balaban J connectivity index is 1.64. The molecule has 2 aromatic rings. The summed E-state index contributed by atoms with van der Waals surface area (Å²) in [6.45, 7) is 3.53. The average molecular weight is 356 g/mol. The van der Waals surface area contributed by atoms with Crippen LogP contribution in [0.15, 0.2) is 24.3 Å². The molecule has 0 aliphatic carbocycles. The van der Waals surface area contributed by atoms with Crippen LogP contribution in [-0.4, -0.2) is 41.0 Å². The van der Waals surface area contributed by atoms with Gasteiger partial charge in [-0.15, -0.1) is 0 Å². The molecule has 1 aromatic carbocycles. The molecule has 1 fully saturated rings. The van der Waals surface area contributed by atoms with Gasteiger partial charge in [-0.1, -0.05) is 29.3 Å². The van der Waals surface area contributed by atoms with Crippen molar-refractivity contribution in [3.05, 3.63) is 45.8 Å². The van der Waals surface area contributed by atoms with Crippen LogP contribution in [-0.2, 0) is 6.54 Å². The normalized spacial score (nSPS) is 15.9. The molecule has 0 atom stereocenters. The van der Waals surface area contributed by atoms with Crippen molar-refractivity contribution in [3.63, 3.8) is 0 Å². The molecule has 8 heteroatoms. The summed E-state index contributed by atoms with van der Waals surface area (Å²) in [5.74, 6) is 0.606. The molecular weight excluding hydrogens is 340 g/mol. The van der Waals surface area contributed by atoms with E-state index in [1.807, 2.05) is 0 Å². The van der Waals surface area contributed by atoms with Gasteiger partial charge >= 0.3 is 0 Å². The van der Waals surface area contributed by atoms with Gasteiger partial charge in [-0.2, -0.15) is 4.98 Å². The van der Waals surface area contributed by atoms with Gasteiger partial charge < -0.3 is 10.6 Å². The van der Waals surface area contributed by atoms with Gasteiger partial charge in [0.05, 0.1) is 0 Å². The number of nitrogen functional groups attached to an aromatic ring is 1. The van der Waals surface area contributed by atoms with Gasteiger partial charge in [-0.25, -0.2) is 9.37 Å². The van der Waals surface area contributed by atoms with E-state index in [-0.39, 0.29) is 11.8 Å². The van der Waals surface area contributed by atoms with Gasteiger partial charge in [0.15, 0.2) is 0 Å². The molecular formula is C15H16Cl2FN5. The third-order valence-corrected chi connectivity index (χ3v) is 4.39. The average Bonchev–Trinajstić information content (AvgIpc) is 2.51. The van der Waals surface area contributed by atoms with Crippen LogP contribution in [0.2, 0.25) is 10.2 Å². The van der Waals surface area contributed by atoms with E-state index >= 15 is 0 Å². The van der Waals surface area contributed by atoms with Crippen LogP contribution in [0.5, 0.6) is 0 Å². The van der Waals surface area contributed by atoms with Crippen molar-refractivity contribution < 1.29 is 4.39 Å². The number of hydrogen-bond acceptors (Lipinski definition) is 5. The summed E-state index contributed by atoms with van der Waals surface area (Å²) < 4.78 is 13.9. The first-order valence-electron chi connectivity index (χ1n) is 7.23. The third-order valence-electron chi connectivity index (χ3n) is 3.84. The number of benzene rings is 1. The lowest BCUT2D eigenvalue weighted by Crippen LogP contribution is -2.46. The first-order valence-corrected chi connectivity index (χ1v) is 7.99. The summed E-state index contributed by atoms with van der Waals surface area (Å²) in [7, 11) is 0. The van der Waals surface area contributed by atoms with Crippen molar-refractivity contribution in [1.29, 1.82) is 0 Å². The lowest BCUT2D eigenvalue weighted by molar-refractivity contribution is 0.246. The van der Waals surface area contributed by atoms with Crippen molar-refractivity contribution in [3.8, 4) is 0 Å². The fraction of sp³-hybridized carbons (Fsp3) is 0.333. The molecule has 0 unspecified atom stereocenters. The summed E-state index contributed by atoms with van der Waals surface area (Å²) in [6, 6.07) is 6.45. The van der Waals surface area contributed by atoms with Crippen LogP contribution in [0.4, 0.5) is 16.2 Å². The van der Waals surface area contributed by atoms with Gasteiger partial charge in [0, 0.05) is 49.4 Å². The van der Waals surface area contributed by atoms with E-state index < -0.39 is 0 Å². The van der Waals surface area contributed by atoms with Crippen molar-refractivity contribution >= 4 is 35.0 Å². The van der Waals surface area contributed by atoms with E-state index in [4.69, 9.17) is 28.9 Å². The first-order chi connectivity index (χ1) is 11.0. The van der Waals surface area contributed by atoms with Crippen LogP contribution < -0.4 is 10.6 Å². The lowest BCUT2D eigenvalue weighted by atomic mass is 10.2. The number of aromatic nitrogens is 2. The highest BCUT2D eigenvalue weighted by Gasteiger charge is 2.20. The van der Waals surface area contributed by atoms with E-state index in [1.165, 1.54) is 6.07 Å². The summed E-state index contributed by atoms with van der Waals surface area (Å²) in [5, 5.41) is 0.788. The standard InChI is InChI=1S/C15H16Cl2FN5/c16-11-2-1-3-12(18)10(11)9-22-4-6-23(7-5-22)14-8-13(17)20-15(19)21-14/h1-3,8H,4-7,9H2,(H2,19,20,21). The monoisotopic (exact) mass is 355 g/mol. The number of rotatable bonds is 3. The number of piperazine rings is 1. The molecule has 0 radical (unpaired) electrons. The molecule has 0 spiro atoms. The number of nitrogens with zero attached hydrogens (tertiary/aromatic N) is 4. The molecule has 0 amide bonds. The summed E-state index contributed by atoms with van der Waals surface area (Å²) in [5.41, 5.74) is 6.17. The van der Waals surface area contributed by atoms with Crippen LogP contribution >= 0.6 is 23.2 Å². The molecule has 0 bridgehead atoms. The first kappa shape index (κ1) is 16.2. The second kappa shape index (κ2) is 6.86. The highest BCUT2D eigenvalue weighted by molar-refractivity contribution is 6.31. The molecule has 122 valence electrons. The van der Waals surface area contributed by atoms with Crippen molar-refractivity contribution in [2.75, 3.05) is 36.8 Å². The van der Waals surface area contributed by atoms with Crippen LogP contribution in [0.3, 0.4) is 0 Å². The molecule has 3 rings (SSSR count). The molecule has 1 saturated heterocycles. The zero-order valence-corrected chi connectivity index (χ0v) is 13.9. The Kier molecular flexibility index (Phi) is 4.84. The second-order valence-electron chi connectivity index (χ2n) is 5.37. The van der Waals surface area contributed by atoms with Gasteiger partial charge in [0.25, 0.3) is 0 Å². The van der Waals surface area contributed by atoms with E-state index in [0.717, 1.165) is 26.2 Å².